The van der Waals surface area contributed by atoms with E-state index < -0.39 is 0 Å². The van der Waals surface area contributed by atoms with Gasteiger partial charge in [0, 0.05) is 18.8 Å². The van der Waals surface area contributed by atoms with Gasteiger partial charge in [0.2, 0.25) is 0 Å². The van der Waals surface area contributed by atoms with Gasteiger partial charge in [-0.15, -0.1) is 0 Å². The average Bonchev–Trinajstić information content (AvgIpc) is 2.33. The summed E-state index contributed by atoms with van der Waals surface area (Å²) in [5.41, 5.74) is 6.62. The van der Waals surface area contributed by atoms with Gasteiger partial charge in [-0.3, -0.25) is 9.78 Å². The molecular formula is C14H23N3O2. The molecule has 106 valence electrons. The number of rotatable bonds is 5. The maximum Gasteiger partial charge on any atom is 0.255 e. The SMILES string of the molecule is COc1cnccc1C(=O)NCC(N)CC(C)(C)C. The second-order valence-corrected chi connectivity index (χ2v) is 5.81. The maximum absolute atomic E-state index is 12.0. The van der Waals surface area contributed by atoms with Gasteiger partial charge < -0.3 is 15.8 Å². The maximum atomic E-state index is 12.0. The number of hydrogen-bond donors (Lipinski definition) is 2. The second-order valence-electron chi connectivity index (χ2n) is 5.81. The number of aromatic nitrogens is 1. The summed E-state index contributed by atoms with van der Waals surface area (Å²) >= 11 is 0. The molecule has 1 atom stereocenters. The number of pyridine rings is 1. The van der Waals surface area contributed by atoms with Crippen molar-refractivity contribution < 1.29 is 9.53 Å². The molecule has 0 spiro atoms. The van der Waals surface area contributed by atoms with Crippen LogP contribution in [0.1, 0.15) is 37.6 Å². The van der Waals surface area contributed by atoms with E-state index in [4.69, 9.17) is 10.5 Å². The van der Waals surface area contributed by atoms with E-state index in [2.05, 4.69) is 31.1 Å². The van der Waals surface area contributed by atoms with Crippen LogP contribution >= 0.6 is 0 Å². The molecule has 0 aliphatic rings. The lowest BCUT2D eigenvalue weighted by atomic mass is 9.88. The number of nitrogens with two attached hydrogens (primary N) is 1. The Labute approximate surface area is 114 Å². The quantitative estimate of drug-likeness (QED) is 0.847. The number of ether oxygens (including phenoxy) is 1. The number of carbonyl (C=O) groups excluding carboxylic acids is 1. The molecule has 5 nitrogen and oxygen atoms in total. The molecule has 19 heavy (non-hydrogen) atoms. The van der Waals surface area contributed by atoms with Crippen LogP contribution in [0.5, 0.6) is 5.75 Å². The van der Waals surface area contributed by atoms with Crippen LogP contribution in [0, 0.1) is 5.41 Å². The van der Waals surface area contributed by atoms with E-state index in [1.54, 1.807) is 12.3 Å². The van der Waals surface area contributed by atoms with Gasteiger partial charge in [0.25, 0.3) is 5.91 Å². The normalized spacial score (nSPS) is 12.9. The van der Waals surface area contributed by atoms with E-state index in [1.807, 2.05) is 0 Å². The van der Waals surface area contributed by atoms with Gasteiger partial charge in [-0.25, -0.2) is 0 Å². The summed E-state index contributed by atoms with van der Waals surface area (Å²) in [5, 5.41) is 2.82. The first-order chi connectivity index (χ1) is 8.83. The van der Waals surface area contributed by atoms with Gasteiger partial charge in [-0.2, -0.15) is 0 Å². The molecule has 0 aliphatic heterocycles. The highest BCUT2D eigenvalue weighted by molar-refractivity contribution is 5.96. The second kappa shape index (κ2) is 6.52. The number of methoxy groups -OCH3 is 1. The average molecular weight is 265 g/mol. The number of carbonyl (C=O) groups is 1. The van der Waals surface area contributed by atoms with Crippen LogP contribution in [-0.4, -0.2) is 30.6 Å². The molecule has 0 aromatic carbocycles. The minimum atomic E-state index is -0.191. The van der Waals surface area contributed by atoms with E-state index in [1.165, 1.54) is 13.3 Å². The zero-order chi connectivity index (χ0) is 14.5. The Hall–Kier alpha value is -1.62. The highest BCUT2D eigenvalue weighted by atomic mass is 16.5. The Morgan fingerprint density at radius 1 is 1.53 bits per heavy atom. The highest BCUT2D eigenvalue weighted by Crippen LogP contribution is 2.20. The summed E-state index contributed by atoms with van der Waals surface area (Å²) in [7, 11) is 1.51. The fraction of sp³-hybridized carbons (Fsp3) is 0.571. The minimum Gasteiger partial charge on any atom is -0.494 e. The number of nitrogens with one attached hydrogen (secondary N) is 1. The van der Waals surface area contributed by atoms with Crippen molar-refractivity contribution in [1.29, 1.82) is 0 Å². The van der Waals surface area contributed by atoms with Crippen LogP contribution < -0.4 is 15.8 Å². The molecule has 1 amide bonds. The highest BCUT2D eigenvalue weighted by Gasteiger charge is 2.17. The van der Waals surface area contributed by atoms with Crippen LogP contribution in [0.25, 0.3) is 0 Å². The molecule has 0 saturated heterocycles. The lowest BCUT2D eigenvalue weighted by Gasteiger charge is -2.23. The summed E-state index contributed by atoms with van der Waals surface area (Å²) < 4.78 is 5.10. The van der Waals surface area contributed by atoms with E-state index in [0.717, 1.165) is 6.42 Å². The van der Waals surface area contributed by atoms with Crippen molar-refractivity contribution in [2.24, 2.45) is 11.1 Å². The molecule has 0 aliphatic carbocycles. The van der Waals surface area contributed by atoms with Crippen molar-refractivity contribution in [3.05, 3.63) is 24.0 Å². The number of hydrogen-bond acceptors (Lipinski definition) is 4. The monoisotopic (exact) mass is 265 g/mol. The molecule has 5 heteroatoms. The fourth-order valence-corrected chi connectivity index (χ4v) is 1.91. The van der Waals surface area contributed by atoms with Crippen molar-refractivity contribution in [2.45, 2.75) is 33.2 Å². The molecule has 1 aromatic heterocycles. The van der Waals surface area contributed by atoms with Crippen molar-refractivity contribution in [3.8, 4) is 5.75 Å². The predicted octanol–water partition coefficient (Wildman–Crippen LogP) is 1.58. The Balaban J connectivity index is 2.56. The van der Waals surface area contributed by atoms with Gasteiger partial charge in [0.1, 0.15) is 5.75 Å². The van der Waals surface area contributed by atoms with Crippen LogP contribution in [-0.2, 0) is 0 Å². The molecule has 0 radical (unpaired) electrons. The Kier molecular flexibility index (Phi) is 5.30. The van der Waals surface area contributed by atoms with Crippen molar-refractivity contribution in [2.75, 3.05) is 13.7 Å². The molecule has 0 fully saturated rings. The van der Waals surface area contributed by atoms with Crippen LogP contribution in [0.4, 0.5) is 0 Å². The Bertz CT molecular complexity index is 427. The third-order valence-electron chi connectivity index (χ3n) is 2.65. The summed E-state index contributed by atoms with van der Waals surface area (Å²) in [6.45, 7) is 6.82. The molecule has 1 aromatic rings. The van der Waals surface area contributed by atoms with Gasteiger partial charge in [-0.05, 0) is 17.9 Å². The standard InChI is InChI=1S/C14H23N3O2/c1-14(2,3)7-10(15)8-17-13(18)11-5-6-16-9-12(11)19-4/h5-6,9-10H,7-8,15H2,1-4H3,(H,17,18). The Morgan fingerprint density at radius 2 is 2.21 bits per heavy atom. The van der Waals surface area contributed by atoms with Gasteiger partial charge in [-0.1, -0.05) is 20.8 Å². The Morgan fingerprint density at radius 3 is 2.79 bits per heavy atom. The first-order valence-corrected chi connectivity index (χ1v) is 6.35. The number of amides is 1. The first kappa shape index (κ1) is 15.4. The van der Waals surface area contributed by atoms with Crippen molar-refractivity contribution in [3.63, 3.8) is 0 Å². The molecule has 3 N–H and O–H groups in total. The summed E-state index contributed by atoms with van der Waals surface area (Å²) in [4.78, 5) is 15.9. The van der Waals surface area contributed by atoms with Crippen LogP contribution in [0.15, 0.2) is 18.5 Å². The first-order valence-electron chi connectivity index (χ1n) is 6.35. The topological polar surface area (TPSA) is 77.2 Å². The van der Waals surface area contributed by atoms with E-state index in [9.17, 15) is 4.79 Å². The zero-order valence-corrected chi connectivity index (χ0v) is 12.1. The summed E-state index contributed by atoms with van der Waals surface area (Å²) in [6, 6.07) is 1.57. The van der Waals surface area contributed by atoms with Gasteiger partial charge >= 0.3 is 0 Å². The number of nitrogens with zero attached hydrogens (tertiary/aromatic N) is 1. The third-order valence-corrected chi connectivity index (χ3v) is 2.65. The molecule has 0 saturated carbocycles. The molecule has 0 bridgehead atoms. The van der Waals surface area contributed by atoms with E-state index in [0.29, 0.717) is 17.9 Å². The van der Waals surface area contributed by atoms with Crippen LogP contribution in [0.3, 0.4) is 0 Å². The summed E-state index contributed by atoms with van der Waals surface area (Å²) in [5.74, 6) is 0.271. The van der Waals surface area contributed by atoms with Gasteiger partial charge in [0.05, 0.1) is 18.9 Å². The largest absolute Gasteiger partial charge is 0.494 e. The lowest BCUT2D eigenvalue weighted by molar-refractivity contribution is 0.0945. The zero-order valence-electron chi connectivity index (χ0n) is 12.1. The molecular weight excluding hydrogens is 242 g/mol. The minimum absolute atomic E-state index is 0.0585. The van der Waals surface area contributed by atoms with E-state index in [-0.39, 0.29) is 17.4 Å². The van der Waals surface area contributed by atoms with E-state index >= 15 is 0 Å². The van der Waals surface area contributed by atoms with Crippen molar-refractivity contribution >= 4 is 5.91 Å². The van der Waals surface area contributed by atoms with Crippen LogP contribution in [0.2, 0.25) is 0 Å². The third kappa shape index (κ3) is 5.26. The van der Waals surface area contributed by atoms with Crippen molar-refractivity contribution in [1.82, 2.24) is 10.3 Å². The molecule has 1 unspecified atom stereocenters. The molecule has 1 heterocycles. The predicted molar refractivity (Wildman–Crippen MR) is 75.2 cm³/mol. The molecule has 1 rings (SSSR count). The lowest BCUT2D eigenvalue weighted by Crippen LogP contribution is -2.39. The summed E-state index contributed by atoms with van der Waals surface area (Å²) in [6.07, 6.45) is 3.93. The fourth-order valence-electron chi connectivity index (χ4n) is 1.91. The van der Waals surface area contributed by atoms with Gasteiger partial charge in [0.15, 0.2) is 0 Å². The smallest absolute Gasteiger partial charge is 0.255 e.